The van der Waals surface area contributed by atoms with Crippen LogP contribution in [0.15, 0.2) is 59.5 Å². The van der Waals surface area contributed by atoms with Crippen LogP contribution in [0.3, 0.4) is 0 Å². The molecule has 0 aliphatic carbocycles. The summed E-state index contributed by atoms with van der Waals surface area (Å²) in [5.41, 5.74) is -1.13. The lowest BCUT2D eigenvalue weighted by Gasteiger charge is -2.26. The van der Waals surface area contributed by atoms with Gasteiger partial charge in [0.2, 0.25) is 6.41 Å². The quantitative estimate of drug-likeness (QED) is 0.233. The molecule has 176 valence electrons. The Bertz CT molecular complexity index is 1120. The second kappa shape index (κ2) is 9.59. The topological polar surface area (TPSA) is 133 Å². The minimum absolute atomic E-state index is 0.0355. The van der Waals surface area contributed by atoms with E-state index in [-0.39, 0.29) is 29.3 Å². The van der Waals surface area contributed by atoms with Crippen LogP contribution in [0.4, 0.5) is 4.79 Å². The molecule has 1 atom stereocenters. The zero-order chi connectivity index (χ0) is 24.2. The van der Waals surface area contributed by atoms with Crippen LogP contribution < -0.4 is 10.1 Å². The van der Waals surface area contributed by atoms with Crippen molar-refractivity contribution in [3.8, 4) is 11.5 Å². The molecule has 0 aromatic heterocycles. The van der Waals surface area contributed by atoms with Gasteiger partial charge in [-0.3, -0.25) is 19.7 Å². The van der Waals surface area contributed by atoms with Crippen molar-refractivity contribution in [2.75, 3.05) is 12.3 Å². The Morgan fingerprint density at radius 3 is 2.24 bits per heavy atom. The van der Waals surface area contributed by atoms with E-state index in [0.717, 1.165) is 4.90 Å². The molecule has 0 spiro atoms. The van der Waals surface area contributed by atoms with Gasteiger partial charge in [0.1, 0.15) is 17.0 Å². The molecule has 1 saturated heterocycles. The third kappa shape index (κ3) is 5.68. The summed E-state index contributed by atoms with van der Waals surface area (Å²) in [4.78, 5) is 36.5. The Morgan fingerprint density at radius 1 is 1.09 bits per heavy atom. The molecular formula is C22H25N3O7S. The molecule has 1 fully saturated rings. The summed E-state index contributed by atoms with van der Waals surface area (Å²) in [5.74, 6) is 0.112. The van der Waals surface area contributed by atoms with Gasteiger partial charge in [0.25, 0.3) is 5.91 Å². The van der Waals surface area contributed by atoms with E-state index >= 15 is 0 Å². The fraction of sp³-hybridized carbons (Fsp3) is 0.318. The molecule has 10 nitrogen and oxygen atoms in total. The number of amides is 4. The average molecular weight is 476 g/mol. The van der Waals surface area contributed by atoms with E-state index in [1.165, 1.54) is 38.1 Å². The third-order valence-corrected chi connectivity index (χ3v) is 6.96. The Morgan fingerprint density at radius 2 is 1.70 bits per heavy atom. The van der Waals surface area contributed by atoms with Crippen LogP contribution >= 0.6 is 0 Å². The fourth-order valence-electron chi connectivity index (χ4n) is 3.34. The molecule has 2 aromatic carbocycles. The number of carbonyl (C=O) groups excluding carboxylic acids is 3. The lowest BCUT2D eigenvalue weighted by atomic mass is 10.1. The maximum absolute atomic E-state index is 12.8. The highest BCUT2D eigenvalue weighted by molar-refractivity contribution is 7.91. The van der Waals surface area contributed by atoms with E-state index in [0.29, 0.717) is 11.5 Å². The van der Waals surface area contributed by atoms with E-state index in [4.69, 9.17) is 4.74 Å². The molecule has 0 saturated carbocycles. The van der Waals surface area contributed by atoms with E-state index in [2.05, 4.69) is 5.32 Å². The van der Waals surface area contributed by atoms with E-state index in [1.807, 2.05) is 18.2 Å². The summed E-state index contributed by atoms with van der Waals surface area (Å²) in [5, 5.41) is 12.7. The number of ether oxygens (including phenoxy) is 1. The van der Waals surface area contributed by atoms with Gasteiger partial charge < -0.3 is 10.1 Å². The number of benzene rings is 2. The third-order valence-electron chi connectivity index (χ3n) is 5.20. The smallest absolute Gasteiger partial charge is 0.325 e. The summed E-state index contributed by atoms with van der Waals surface area (Å²) in [7, 11) is -3.78. The summed E-state index contributed by atoms with van der Waals surface area (Å²) in [6.45, 7) is 2.70. The van der Waals surface area contributed by atoms with Crippen LogP contribution in [0.25, 0.3) is 0 Å². The van der Waals surface area contributed by atoms with Crippen LogP contribution in [-0.2, 0) is 19.4 Å². The van der Waals surface area contributed by atoms with Crippen LogP contribution in [0.1, 0.15) is 20.3 Å². The predicted octanol–water partition coefficient (Wildman–Crippen LogP) is 2.19. The van der Waals surface area contributed by atoms with Crippen molar-refractivity contribution in [1.29, 1.82) is 0 Å². The predicted molar refractivity (Wildman–Crippen MR) is 117 cm³/mol. The Labute approximate surface area is 191 Å². The van der Waals surface area contributed by atoms with Crippen LogP contribution in [0, 0.1) is 0 Å². The zero-order valence-electron chi connectivity index (χ0n) is 18.2. The normalized spacial score (nSPS) is 16.3. The number of sulfone groups is 1. The van der Waals surface area contributed by atoms with Gasteiger partial charge in [0, 0.05) is 0 Å². The van der Waals surface area contributed by atoms with Crippen molar-refractivity contribution in [2.24, 2.45) is 0 Å². The van der Waals surface area contributed by atoms with Gasteiger partial charge in [-0.15, -0.1) is 0 Å². The molecule has 33 heavy (non-hydrogen) atoms. The molecule has 0 radical (unpaired) electrons. The lowest BCUT2D eigenvalue weighted by molar-refractivity contribution is -0.162. The Balaban J connectivity index is 1.67. The number of rotatable bonds is 10. The van der Waals surface area contributed by atoms with Crippen LogP contribution in [0.5, 0.6) is 11.5 Å². The molecule has 1 aliphatic heterocycles. The monoisotopic (exact) mass is 475 g/mol. The number of hydroxylamine groups is 2. The second-order valence-electron chi connectivity index (χ2n) is 8.10. The first-order chi connectivity index (χ1) is 15.5. The Hall–Kier alpha value is -3.44. The molecule has 1 heterocycles. The molecule has 11 heteroatoms. The van der Waals surface area contributed by atoms with Crippen molar-refractivity contribution < 1.29 is 32.7 Å². The number of hydrogen-bond acceptors (Lipinski definition) is 7. The number of nitrogens with zero attached hydrogens (tertiary/aromatic N) is 2. The minimum atomic E-state index is -3.78. The van der Waals surface area contributed by atoms with Crippen molar-refractivity contribution in [3.05, 3.63) is 54.6 Å². The van der Waals surface area contributed by atoms with Crippen molar-refractivity contribution in [3.63, 3.8) is 0 Å². The standard InChI is InChI=1S/C22H25N3O7S/c1-22(2)20(27)24(21(28)23-22)14-16(25(29)15-26)12-13-33(30,31)19-10-8-18(9-11-19)32-17-6-4-3-5-7-17/h3-11,15-16,29H,12-14H2,1-2H3,(H,23,28). The van der Waals surface area contributed by atoms with Gasteiger partial charge >= 0.3 is 6.03 Å². The van der Waals surface area contributed by atoms with E-state index < -0.39 is 39.1 Å². The molecule has 4 amide bonds. The van der Waals surface area contributed by atoms with Crippen molar-refractivity contribution in [1.82, 2.24) is 15.3 Å². The molecule has 1 aliphatic rings. The van der Waals surface area contributed by atoms with Gasteiger partial charge in [-0.25, -0.2) is 18.3 Å². The van der Waals surface area contributed by atoms with Crippen molar-refractivity contribution >= 4 is 28.2 Å². The minimum Gasteiger partial charge on any atom is -0.457 e. The van der Waals surface area contributed by atoms with E-state index in [1.54, 1.807) is 12.1 Å². The maximum Gasteiger partial charge on any atom is 0.325 e. The SMILES string of the molecule is CC1(C)NC(=O)N(CC(CCS(=O)(=O)c2ccc(Oc3ccccc3)cc2)N(O)C=O)C1=O. The number of nitrogens with one attached hydrogen (secondary N) is 1. The highest BCUT2D eigenvalue weighted by atomic mass is 32.2. The summed E-state index contributed by atoms with van der Waals surface area (Å²) < 4.78 is 31.2. The first kappa shape index (κ1) is 24.2. The highest BCUT2D eigenvalue weighted by Gasteiger charge is 2.45. The van der Waals surface area contributed by atoms with Gasteiger partial charge in [0.15, 0.2) is 9.84 Å². The summed E-state index contributed by atoms with van der Waals surface area (Å²) in [6.07, 6.45) is -0.0894. The first-order valence-corrected chi connectivity index (χ1v) is 11.8. The molecule has 2 N–H and O–H groups in total. The number of carbonyl (C=O) groups is 3. The number of para-hydroxylation sites is 1. The van der Waals surface area contributed by atoms with Gasteiger partial charge in [-0.2, -0.15) is 0 Å². The van der Waals surface area contributed by atoms with E-state index in [9.17, 15) is 28.0 Å². The summed E-state index contributed by atoms with van der Waals surface area (Å²) in [6, 6.07) is 13.1. The molecule has 1 unspecified atom stereocenters. The average Bonchev–Trinajstić information content (AvgIpc) is 2.98. The van der Waals surface area contributed by atoms with Crippen LogP contribution in [0.2, 0.25) is 0 Å². The fourth-order valence-corrected chi connectivity index (χ4v) is 4.71. The molecular weight excluding hydrogens is 450 g/mol. The number of urea groups is 1. The van der Waals surface area contributed by atoms with Gasteiger partial charge in [-0.1, -0.05) is 18.2 Å². The Kier molecular flexibility index (Phi) is 7.04. The van der Waals surface area contributed by atoms with Gasteiger partial charge in [0.05, 0.1) is 23.2 Å². The van der Waals surface area contributed by atoms with Crippen LogP contribution in [-0.4, -0.2) is 65.8 Å². The van der Waals surface area contributed by atoms with Gasteiger partial charge in [-0.05, 0) is 56.7 Å². The lowest BCUT2D eigenvalue weighted by Crippen LogP contribution is -2.46. The largest absolute Gasteiger partial charge is 0.457 e. The highest BCUT2D eigenvalue weighted by Crippen LogP contribution is 2.24. The summed E-state index contributed by atoms with van der Waals surface area (Å²) >= 11 is 0. The molecule has 0 bridgehead atoms. The number of hydrogen-bond donors (Lipinski definition) is 2. The maximum atomic E-state index is 12.8. The van der Waals surface area contributed by atoms with Crippen molar-refractivity contribution in [2.45, 2.75) is 36.7 Å². The number of imide groups is 1. The molecule has 2 aromatic rings. The first-order valence-electron chi connectivity index (χ1n) is 10.2. The second-order valence-corrected chi connectivity index (χ2v) is 10.2. The molecule has 3 rings (SSSR count). The zero-order valence-corrected chi connectivity index (χ0v) is 19.0.